The van der Waals surface area contributed by atoms with Gasteiger partial charge in [0.1, 0.15) is 18.1 Å². The van der Waals surface area contributed by atoms with Gasteiger partial charge in [0, 0.05) is 105 Å². The summed E-state index contributed by atoms with van der Waals surface area (Å²) >= 11 is 1.41. The average molecular weight is 1120 g/mol. The molecular weight excluding hydrogens is 1040 g/mol. The van der Waals surface area contributed by atoms with Gasteiger partial charge in [-0.15, -0.1) is 11.3 Å². The number of esters is 1. The van der Waals surface area contributed by atoms with Crippen LogP contribution in [0.3, 0.4) is 0 Å². The van der Waals surface area contributed by atoms with Gasteiger partial charge in [-0.1, -0.05) is 39.8 Å². The molecule has 17 nitrogen and oxygen atoms in total. The molecule has 3 aromatic heterocycles. The Hall–Kier alpha value is -4.29. The van der Waals surface area contributed by atoms with Crippen LogP contribution >= 0.6 is 65.3 Å². The highest BCUT2D eigenvalue weighted by Crippen LogP contribution is 2.43. The summed E-state index contributed by atoms with van der Waals surface area (Å²) in [5.74, 6) is -1.76. The predicted molar refractivity (Wildman–Crippen MR) is 311 cm³/mol. The first-order valence-corrected chi connectivity index (χ1v) is 25.5. The second-order valence-electron chi connectivity index (χ2n) is 20.8. The smallest absolute Gasteiger partial charge is 0.324 e. The van der Waals surface area contributed by atoms with Crippen molar-refractivity contribution in [2.24, 2.45) is 11.3 Å². The van der Waals surface area contributed by atoms with E-state index in [1.54, 1.807) is 36.2 Å². The Kier molecular flexibility index (Phi) is 21.6. The van der Waals surface area contributed by atoms with E-state index in [1.165, 1.54) is 21.2 Å². The lowest BCUT2D eigenvalue weighted by molar-refractivity contribution is -0.155. The number of methoxy groups -OCH3 is 1. The number of pyridine rings is 1. The molecule has 8 rings (SSSR count). The zero-order chi connectivity index (χ0) is 50.2. The number of hydrogen-bond acceptors (Lipinski definition) is 12. The summed E-state index contributed by atoms with van der Waals surface area (Å²) < 4.78 is 14.3. The lowest BCUT2D eigenvalue weighted by atomic mass is 9.77. The molecule has 0 saturated carbocycles. The third-order valence-corrected chi connectivity index (χ3v) is 15.3. The maximum Gasteiger partial charge on any atom is 0.324 e. The summed E-state index contributed by atoms with van der Waals surface area (Å²) in [5.41, 5.74) is 8.81. The van der Waals surface area contributed by atoms with Crippen molar-refractivity contribution in [1.29, 1.82) is 0 Å². The van der Waals surface area contributed by atoms with Crippen LogP contribution in [0.2, 0.25) is 0 Å². The molecule has 4 aliphatic heterocycles. The van der Waals surface area contributed by atoms with E-state index in [0.717, 1.165) is 51.1 Å². The Labute approximate surface area is 468 Å². The van der Waals surface area contributed by atoms with Crippen molar-refractivity contribution in [1.82, 2.24) is 49.9 Å². The van der Waals surface area contributed by atoms with Gasteiger partial charge >= 0.3 is 12.0 Å². The molecule has 3 fully saturated rings. The molecule has 4 aliphatic rings. The zero-order valence-corrected chi connectivity index (χ0v) is 49.2. The van der Waals surface area contributed by atoms with Crippen molar-refractivity contribution in [3.05, 3.63) is 70.3 Å². The molecule has 5 amide bonds. The monoisotopic (exact) mass is 1110 g/mol. The van der Waals surface area contributed by atoms with E-state index >= 15 is 0 Å². The van der Waals surface area contributed by atoms with E-state index < -0.39 is 46.9 Å². The molecule has 7 heterocycles. The largest absolute Gasteiger partial charge is 0.464 e. The van der Waals surface area contributed by atoms with E-state index in [4.69, 9.17) is 19.4 Å². The van der Waals surface area contributed by atoms with Crippen LogP contribution in [-0.2, 0) is 48.0 Å². The maximum absolute atomic E-state index is 14.7. The number of likely N-dealkylation sites (N-methyl/N-ethyl adjacent to an activating group) is 2. The van der Waals surface area contributed by atoms with Crippen molar-refractivity contribution >= 4 is 106 Å². The number of nitrogens with zero attached hydrogens (tertiary/aromatic N) is 8. The number of nitrogens with one attached hydrogen (secondary N) is 2. The van der Waals surface area contributed by atoms with Crippen LogP contribution in [0.25, 0.3) is 33.4 Å². The molecule has 1 spiro atoms. The predicted octanol–water partition coefficient (Wildman–Crippen LogP) is 6.13. The number of likely N-dealkylation sites (tertiary alicyclic amines) is 2. The van der Waals surface area contributed by atoms with E-state index in [-0.39, 0.29) is 91.0 Å². The highest BCUT2D eigenvalue weighted by molar-refractivity contribution is 7.59. The van der Waals surface area contributed by atoms with Gasteiger partial charge in [-0.05, 0) is 89.4 Å². The molecule has 4 atom stereocenters. The quantitative estimate of drug-likeness (QED) is 0.131. The summed E-state index contributed by atoms with van der Waals surface area (Å²) in [6.45, 7) is 15.2. The number of benzene rings is 1. The number of rotatable bonds is 11. The SMILES string of the molecule is CCn1c(-c2cccnc2[C@H](C)OC)c2c3cc(ccc31)-c1csc(n1)C[C@H](NC(=O)[C@H](C(C)C)N(C)C(=O)N1CCC13CN(C(=O)/C=C/CN(C)C)C3)C(=O)N1CCC[C@H](N1)C(=O)OCC(C)(C)C2.S.S.S.S. The summed E-state index contributed by atoms with van der Waals surface area (Å²) in [6, 6.07) is 7.33. The second-order valence-corrected chi connectivity index (χ2v) is 21.8. The fourth-order valence-corrected chi connectivity index (χ4v) is 11.4. The van der Waals surface area contributed by atoms with Gasteiger partial charge in [0.05, 0.1) is 40.3 Å². The van der Waals surface area contributed by atoms with Gasteiger partial charge in [-0.2, -0.15) is 54.0 Å². The Morgan fingerprint density at radius 2 is 1.78 bits per heavy atom. The number of hydrazine groups is 1. The number of carbonyl (C=O) groups is 5. The minimum absolute atomic E-state index is 0. The first kappa shape index (κ1) is 62.3. The van der Waals surface area contributed by atoms with Gasteiger partial charge in [-0.3, -0.25) is 29.2 Å². The highest BCUT2D eigenvalue weighted by atomic mass is 32.1. The molecule has 4 aromatic rings. The van der Waals surface area contributed by atoms with E-state index in [1.807, 2.05) is 57.3 Å². The number of aromatic nitrogens is 3. The molecule has 6 bridgehead atoms. The summed E-state index contributed by atoms with van der Waals surface area (Å²) in [6.07, 6.45) is 7.37. The number of urea groups is 1. The minimum Gasteiger partial charge on any atom is -0.464 e. The molecule has 3 saturated heterocycles. The van der Waals surface area contributed by atoms with E-state index in [9.17, 15) is 24.0 Å². The summed E-state index contributed by atoms with van der Waals surface area (Å²) in [7, 11) is 7.19. The van der Waals surface area contributed by atoms with Gasteiger partial charge in [0.25, 0.3) is 5.91 Å². The molecule has 408 valence electrons. The molecule has 0 aliphatic carbocycles. The Morgan fingerprint density at radius 1 is 1.05 bits per heavy atom. The van der Waals surface area contributed by atoms with Crippen LogP contribution in [0.5, 0.6) is 0 Å². The standard InChI is InChI=1S/C52H70N10O7S.4H2S/c1-11-60-41-19-18-34-25-36(41)37(46(60)35-15-12-21-53-44(35)33(4)68-10)27-51(5,6)31-69-49(66)38-16-13-23-62(56-38)48(65)39(26-42-54-40(34)28-70-42)55-47(64)45(32(2)3)58(9)50(67)61-24-20-52(61)29-59(30-52)43(63)17-14-22-57(7)8;;;;/h12,14-15,17-19,21,25,28,32-33,38-39,45,56H,11,13,16,20,22-24,26-27,29-31H2,1-10H3,(H,55,64);4*1H2/b17-14+;;;;/t33-,38-,39-,45-;;;;/m0..../s1. The minimum atomic E-state index is -1.09. The molecular formula is C52H78N10O7S5. The maximum atomic E-state index is 14.7. The Morgan fingerprint density at radius 3 is 2.43 bits per heavy atom. The first-order chi connectivity index (χ1) is 33.3. The average Bonchev–Trinajstić information content (AvgIpc) is 3.90. The molecule has 0 unspecified atom stereocenters. The second kappa shape index (κ2) is 25.7. The normalized spacial score (nSPS) is 20.0. The lowest BCUT2D eigenvalue weighted by Gasteiger charge is -2.62. The van der Waals surface area contributed by atoms with Crippen molar-refractivity contribution in [2.45, 2.75) is 110 Å². The molecule has 74 heavy (non-hydrogen) atoms. The van der Waals surface area contributed by atoms with Crippen LogP contribution in [0.15, 0.2) is 54.1 Å². The van der Waals surface area contributed by atoms with Crippen LogP contribution in [0.4, 0.5) is 4.79 Å². The number of fused-ring (bicyclic) bond motifs is 6. The Bertz CT molecular complexity index is 2670. The summed E-state index contributed by atoms with van der Waals surface area (Å²) in [4.78, 5) is 87.3. The number of ether oxygens (including phenoxy) is 2. The number of aryl methyl sites for hydroxylation is 1. The van der Waals surface area contributed by atoms with Crippen LogP contribution in [-0.4, -0.2) is 160 Å². The third-order valence-electron chi connectivity index (χ3n) is 14.4. The van der Waals surface area contributed by atoms with Crippen molar-refractivity contribution in [3.63, 3.8) is 0 Å². The number of amides is 5. The Balaban J connectivity index is 0.00000296. The van der Waals surface area contributed by atoms with Gasteiger partial charge in [0.2, 0.25) is 11.8 Å². The number of hydrogen-bond donors (Lipinski definition) is 2. The molecule has 22 heteroatoms. The van der Waals surface area contributed by atoms with Gasteiger partial charge < -0.3 is 39.0 Å². The topological polar surface area (TPSA) is 175 Å². The number of carbonyl (C=O) groups excluding carboxylic acids is 5. The fourth-order valence-electron chi connectivity index (χ4n) is 10.5. The van der Waals surface area contributed by atoms with Crippen molar-refractivity contribution in [2.75, 3.05) is 67.6 Å². The molecule has 2 N–H and O–H groups in total. The van der Waals surface area contributed by atoms with Crippen molar-refractivity contribution in [3.8, 4) is 22.5 Å². The first-order valence-electron chi connectivity index (χ1n) is 24.6. The summed E-state index contributed by atoms with van der Waals surface area (Å²) in [5, 5.41) is 8.16. The van der Waals surface area contributed by atoms with Gasteiger partial charge in [-0.25, -0.2) is 15.2 Å². The number of cyclic esters (lactones) is 1. The van der Waals surface area contributed by atoms with Crippen molar-refractivity contribution < 1.29 is 33.4 Å². The van der Waals surface area contributed by atoms with Crippen LogP contribution in [0.1, 0.15) is 83.2 Å². The molecule has 0 radical (unpaired) electrons. The van der Waals surface area contributed by atoms with E-state index in [0.29, 0.717) is 63.5 Å². The highest BCUT2D eigenvalue weighted by Gasteiger charge is 2.57. The van der Waals surface area contributed by atoms with Gasteiger partial charge in [0.15, 0.2) is 0 Å². The fraction of sp³-hybridized carbons (Fsp3) is 0.558. The molecule has 1 aromatic carbocycles. The zero-order valence-electron chi connectivity index (χ0n) is 44.4. The van der Waals surface area contributed by atoms with Crippen LogP contribution < -0.4 is 10.7 Å². The van der Waals surface area contributed by atoms with Crippen LogP contribution in [0, 0.1) is 11.3 Å². The van der Waals surface area contributed by atoms with E-state index in [2.05, 4.69) is 60.3 Å². The number of thiazole rings is 1. The lowest BCUT2D eigenvalue weighted by Crippen LogP contribution is -2.79. The third kappa shape index (κ3) is 12.8.